The van der Waals surface area contributed by atoms with E-state index in [-0.39, 0.29) is 6.42 Å². The van der Waals surface area contributed by atoms with Crippen LogP contribution in [-0.2, 0) is 33.6 Å². The Hall–Kier alpha value is -3.75. The molecule has 0 aromatic carbocycles. The van der Waals surface area contributed by atoms with Gasteiger partial charge in [-0.15, -0.1) is 0 Å². The Morgan fingerprint density at radius 1 is 0.686 bits per heavy atom. The van der Waals surface area contributed by atoms with Gasteiger partial charge in [0.1, 0.15) is 24.2 Å². The van der Waals surface area contributed by atoms with Crippen LogP contribution in [0, 0.1) is 5.92 Å². The monoisotopic (exact) mass is 503 g/mol. The van der Waals surface area contributed by atoms with Gasteiger partial charge in [0.05, 0.1) is 6.54 Å². The Morgan fingerprint density at radius 3 is 1.49 bits per heavy atom. The predicted octanol–water partition coefficient (Wildman–Crippen LogP) is -2.63. The molecular weight excluding hydrogens is 470 g/mol. The van der Waals surface area contributed by atoms with Crippen LogP contribution in [0.2, 0.25) is 0 Å². The highest BCUT2D eigenvalue weighted by Crippen LogP contribution is 2.07. The van der Waals surface area contributed by atoms with Crippen molar-refractivity contribution in [2.24, 2.45) is 11.7 Å². The summed E-state index contributed by atoms with van der Waals surface area (Å²) < 4.78 is 0. The SMILES string of the molecule is CC(NC(=O)CN)C(=O)NC(CCC(=O)O)C(=O)NC(CCC(=O)O)C(=O)NC(C(=O)O)C(C)C. The fraction of sp³-hybridized carbons (Fsp3) is 0.650. The van der Waals surface area contributed by atoms with Crippen molar-refractivity contribution in [2.45, 2.75) is 70.6 Å². The summed E-state index contributed by atoms with van der Waals surface area (Å²) in [6, 6.07) is -5.39. The molecule has 0 aliphatic carbocycles. The number of nitrogens with two attached hydrogens (primary N) is 1. The number of carbonyl (C=O) groups is 7. The van der Waals surface area contributed by atoms with Crippen LogP contribution in [-0.4, -0.2) is 87.6 Å². The highest BCUT2D eigenvalue weighted by molar-refractivity contribution is 5.95. The Balaban J connectivity index is 5.65. The lowest BCUT2D eigenvalue weighted by Crippen LogP contribution is -2.58. The number of carboxylic acid groups (broad SMARTS) is 3. The minimum absolute atomic E-state index is 0.387. The van der Waals surface area contributed by atoms with Crippen LogP contribution in [0.25, 0.3) is 0 Å². The summed E-state index contributed by atoms with van der Waals surface area (Å²) in [6.07, 6.45) is -1.88. The Morgan fingerprint density at radius 2 is 1.11 bits per heavy atom. The van der Waals surface area contributed by atoms with Gasteiger partial charge in [-0.25, -0.2) is 4.79 Å². The molecule has 0 aliphatic heterocycles. The zero-order valence-electron chi connectivity index (χ0n) is 19.7. The van der Waals surface area contributed by atoms with Gasteiger partial charge in [-0.1, -0.05) is 13.8 Å². The summed E-state index contributed by atoms with van der Waals surface area (Å²) >= 11 is 0. The molecule has 15 nitrogen and oxygen atoms in total. The van der Waals surface area contributed by atoms with Crippen LogP contribution in [0.4, 0.5) is 0 Å². The van der Waals surface area contributed by atoms with E-state index in [1.807, 2.05) is 0 Å². The lowest BCUT2D eigenvalue weighted by Gasteiger charge is -2.25. The third-order valence-electron chi connectivity index (χ3n) is 4.75. The first-order valence-corrected chi connectivity index (χ1v) is 10.8. The topological polar surface area (TPSA) is 254 Å². The molecule has 0 aliphatic rings. The number of carbonyl (C=O) groups excluding carboxylic acids is 4. The van der Waals surface area contributed by atoms with Gasteiger partial charge in [-0.05, 0) is 25.7 Å². The molecule has 9 N–H and O–H groups in total. The van der Waals surface area contributed by atoms with Crippen LogP contribution < -0.4 is 27.0 Å². The average Bonchev–Trinajstić information content (AvgIpc) is 2.75. The van der Waals surface area contributed by atoms with Gasteiger partial charge in [0.25, 0.3) is 0 Å². The molecule has 0 heterocycles. The third kappa shape index (κ3) is 12.3. The summed E-state index contributed by atoms with van der Waals surface area (Å²) in [5, 5.41) is 36.2. The van der Waals surface area contributed by atoms with E-state index in [4.69, 9.17) is 15.9 Å². The molecule has 15 heteroatoms. The van der Waals surface area contributed by atoms with E-state index >= 15 is 0 Å². The van der Waals surface area contributed by atoms with E-state index in [1.165, 1.54) is 20.8 Å². The van der Waals surface area contributed by atoms with Crippen LogP contribution in [0.3, 0.4) is 0 Å². The van der Waals surface area contributed by atoms with E-state index in [0.29, 0.717) is 0 Å². The number of rotatable bonds is 16. The number of hydrogen-bond donors (Lipinski definition) is 8. The molecule has 0 spiro atoms. The van der Waals surface area contributed by atoms with Gasteiger partial charge < -0.3 is 42.3 Å². The minimum Gasteiger partial charge on any atom is -0.481 e. The second kappa shape index (κ2) is 15.2. The molecule has 0 bridgehead atoms. The van der Waals surface area contributed by atoms with Crippen LogP contribution in [0.1, 0.15) is 46.5 Å². The van der Waals surface area contributed by atoms with Crippen molar-refractivity contribution in [1.29, 1.82) is 0 Å². The van der Waals surface area contributed by atoms with E-state index < -0.39 is 97.4 Å². The second-order valence-corrected chi connectivity index (χ2v) is 8.05. The number of hydrogen-bond acceptors (Lipinski definition) is 8. The molecule has 35 heavy (non-hydrogen) atoms. The number of amides is 4. The Bertz CT molecular complexity index is 816. The van der Waals surface area contributed by atoms with E-state index in [0.717, 1.165) is 0 Å². The first kappa shape index (κ1) is 31.2. The molecule has 0 saturated carbocycles. The van der Waals surface area contributed by atoms with Crippen LogP contribution in [0.15, 0.2) is 0 Å². The second-order valence-electron chi connectivity index (χ2n) is 8.05. The highest BCUT2D eigenvalue weighted by atomic mass is 16.4. The van der Waals surface area contributed by atoms with Gasteiger partial charge in [0, 0.05) is 12.8 Å². The number of nitrogens with one attached hydrogen (secondary N) is 4. The van der Waals surface area contributed by atoms with Crippen molar-refractivity contribution in [2.75, 3.05) is 6.54 Å². The first-order valence-electron chi connectivity index (χ1n) is 10.8. The minimum atomic E-state index is -1.49. The smallest absolute Gasteiger partial charge is 0.326 e. The van der Waals surface area contributed by atoms with Gasteiger partial charge >= 0.3 is 17.9 Å². The maximum Gasteiger partial charge on any atom is 0.326 e. The molecule has 0 aromatic heterocycles. The number of carboxylic acids is 3. The zero-order valence-corrected chi connectivity index (χ0v) is 19.7. The summed E-state index contributed by atoms with van der Waals surface area (Å²) in [6.45, 7) is 3.97. The first-order chi connectivity index (χ1) is 16.2. The van der Waals surface area contributed by atoms with Crippen molar-refractivity contribution in [1.82, 2.24) is 21.3 Å². The predicted molar refractivity (Wildman–Crippen MR) is 119 cm³/mol. The zero-order chi connectivity index (χ0) is 27.3. The Kier molecular flexibility index (Phi) is 13.6. The summed E-state index contributed by atoms with van der Waals surface area (Å²) in [7, 11) is 0. The lowest BCUT2D eigenvalue weighted by molar-refractivity contribution is -0.144. The van der Waals surface area contributed by atoms with Crippen LogP contribution >= 0.6 is 0 Å². The fourth-order valence-electron chi connectivity index (χ4n) is 2.78. The van der Waals surface area contributed by atoms with Crippen molar-refractivity contribution in [3.63, 3.8) is 0 Å². The molecule has 0 rings (SSSR count). The third-order valence-corrected chi connectivity index (χ3v) is 4.75. The summed E-state index contributed by atoms with van der Waals surface area (Å²) in [4.78, 5) is 82.6. The van der Waals surface area contributed by atoms with Crippen molar-refractivity contribution < 1.29 is 48.9 Å². The molecule has 4 amide bonds. The van der Waals surface area contributed by atoms with Crippen molar-refractivity contribution >= 4 is 41.5 Å². The normalized spacial score (nSPS) is 14.1. The molecule has 0 fully saturated rings. The number of aliphatic carboxylic acids is 3. The quantitative estimate of drug-likeness (QED) is 0.108. The highest BCUT2D eigenvalue weighted by Gasteiger charge is 2.31. The van der Waals surface area contributed by atoms with E-state index in [1.54, 1.807) is 0 Å². The van der Waals surface area contributed by atoms with E-state index in [2.05, 4.69) is 21.3 Å². The standard InChI is InChI=1S/C20H33N5O10/c1-9(2)16(20(34)35)25-19(33)12(5-7-15(29)30)24-18(32)11(4-6-14(27)28)23-17(31)10(3)22-13(26)8-21/h9-12,16H,4-8,21H2,1-3H3,(H,22,26)(H,23,31)(H,24,32)(H,25,33)(H,27,28)(H,29,30)(H,34,35). The van der Waals surface area contributed by atoms with Gasteiger partial charge in [0.2, 0.25) is 23.6 Å². The average molecular weight is 504 g/mol. The maximum absolute atomic E-state index is 12.8. The molecule has 0 aromatic rings. The van der Waals surface area contributed by atoms with Gasteiger partial charge in [-0.2, -0.15) is 0 Å². The summed E-state index contributed by atoms with van der Waals surface area (Å²) in [5.74, 6) is -7.88. The van der Waals surface area contributed by atoms with E-state index in [9.17, 15) is 38.7 Å². The molecule has 4 unspecified atom stereocenters. The lowest BCUT2D eigenvalue weighted by atomic mass is 10.0. The largest absolute Gasteiger partial charge is 0.481 e. The van der Waals surface area contributed by atoms with Crippen molar-refractivity contribution in [3.8, 4) is 0 Å². The Labute approximate surface area is 201 Å². The van der Waals surface area contributed by atoms with Gasteiger partial charge in [-0.3, -0.25) is 28.8 Å². The van der Waals surface area contributed by atoms with Gasteiger partial charge in [0.15, 0.2) is 0 Å². The molecule has 0 saturated heterocycles. The maximum atomic E-state index is 12.8. The molecule has 0 radical (unpaired) electrons. The molecule has 4 atom stereocenters. The molecular formula is C20H33N5O10. The summed E-state index contributed by atoms with van der Waals surface area (Å²) in [5.41, 5.74) is 5.17. The van der Waals surface area contributed by atoms with Crippen LogP contribution in [0.5, 0.6) is 0 Å². The molecule has 198 valence electrons. The fourth-order valence-corrected chi connectivity index (χ4v) is 2.78. The van der Waals surface area contributed by atoms with Crippen molar-refractivity contribution in [3.05, 3.63) is 0 Å².